The summed E-state index contributed by atoms with van der Waals surface area (Å²) in [5.41, 5.74) is 4.60. The van der Waals surface area contributed by atoms with Crippen LogP contribution in [0.25, 0.3) is 22.4 Å². The number of aryl methyl sites for hydroxylation is 2. The average molecular weight is 377 g/mol. The fourth-order valence-corrected chi connectivity index (χ4v) is 3.81. The van der Waals surface area contributed by atoms with Gasteiger partial charge in [0.2, 0.25) is 5.89 Å². The first-order valence-corrected chi connectivity index (χ1v) is 9.59. The molecular weight excluding hydrogens is 358 g/mol. The molecule has 2 aromatic carbocycles. The predicted octanol–water partition coefficient (Wildman–Crippen LogP) is 5.20. The van der Waals surface area contributed by atoms with E-state index in [-0.39, 0.29) is 11.0 Å². The summed E-state index contributed by atoms with van der Waals surface area (Å²) in [6.45, 7) is 5.82. The summed E-state index contributed by atoms with van der Waals surface area (Å²) >= 11 is 1.28. The summed E-state index contributed by atoms with van der Waals surface area (Å²) in [7, 11) is 0. The van der Waals surface area contributed by atoms with Crippen LogP contribution in [0.4, 0.5) is 0 Å². The van der Waals surface area contributed by atoms with Crippen LogP contribution in [0.1, 0.15) is 28.5 Å². The van der Waals surface area contributed by atoms with Crippen LogP contribution in [0.2, 0.25) is 0 Å². The van der Waals surface area contributed by atoms with Crippen molar-refractivity contribution < 1.29 is 9.21 Å². The molecule has 0 aliphatic carbocycles. The van der Waals surface area contributed by atoms with Gasteiger partial charge in [-0.05, 0) is 39.0 Å². The number of aromatic amines is 1. The first kappa shape index (κ1) is 17.5. The van der Waals surface area contributed by atoms with E-state index in [1.165, 1.54) is 17.3 Å². The molecule has 136 valence electrons. The number of carbonyl (C=O) groups excluding carboxylic acids is 1. The summed E-state index contributed by atoms with van der Waals surface area (Å²) in [6, 6.07) is 15.7. The molecule has 0 saturated carbocycles. The molecule has 0 fully saturated rings. The second-order valence-electron chi connectivity index (χ2n) is 6.53. The lowest BCUT2D eigenvalue weighted by atomic mass is 10.1. The molecule has 0 aliphatic heterocycles. The maximum atomic E-state index is 13.0. The van der Waals surface area contributed by atoms with Crippen LogP contribution in [0, 0.1) is 13.8 Å². The maximum absolute atomic E-state index is 13.0. The highest BCUT2D eigenvalue weighted by Gasteiger charge is 2.24. The minimum absolute atomic E-state index is 0.0463. The fourth-order valence-electron chi connectivity index (χ4n) is 3.07. The van der Waals surface area contributed by atoms with Gasteiger partial charge in [-0.15, -0.1) is 10.2 Å². The summed E-state index contributed by atoms with van der Waals surface area (Å²) in [5, 5.41) is 9.19. The molecular formula is C21H19N3O2S. The van der Waals surface area contributed by atoms with E-state index in [4.69, 9.17) is 4.42 Å². The summed E-state index contributed by atoms with van der Waals surface area (Å²) in [4.78, 5) is 16.3. The van der Waals surface area contributed by atoms with E-state index in [1.807, 2.05) is 69.3 Å². The first-order chi connectivity index (χ1) is 13.0. The number of aromatic nitrogens is 3. The van der Waals surface area contributed by atoms with Crippen molar-refractivity contribution in [2.75, 3.05) is 0 Å². The molecule has 4 rings (SSSR count). The first-order valence-electron chi connectivity index (χ1n) is 8.71. The predicted molar refractivity (Wildman–Crippen MR) is 107 cm³/mol. The summed E-state index contributed by atoms with van der Waals surface area (Å²) in [5.74, 6) is 0.505. The molecule has 4 aromatic rings. The van der Waals surface area contributed by atoms with Crippen molar-refractivity contribution in [1.82, 2.24) is 15.2 Å². The third kappa shape index (κ3) is 3.40. The van der Waals surface area contributed by atoms with Crippen LogP contribution in [0.3, 0.4) is 0 Å². The van der Waals surface area contributed by atoms with Crippen LogP contribution in [-0.2, 0) is 0 Å². The van der Waals surface area contributed by atoms with Crippen molar-refractivity contribution in [1.29, 1.82) is 0 Å². The zero-order chi connectivity index (χ0) is 19.0. The summed E-state index contributed by atoms with van der Waals surface area (Å²) < 4.78 is 5.75. The third-order valence-electron chi connectivity index (χ3n) is 4.49. The molecule has 0 spiro atoms. The van der Waals surface area contributed by atoms with Gasteiger partial charge >= 0.3 is 0 Å². The monoisotopic (exact) mass is 377 g/mol. The minimum atomic E-state index is -0.339. The highest BCUT2D eigenvalue weighted by atomic mass is 32.2. The van der Waals surface area contributed by atoms with Crippen LogP contribution in [0.5, 0.6) is 0 Å². The van der Waals surface area contributed by atoms with Crippen LogP contribution in [-0.4, -0.2) is 26.2 Å². The van der Waals surface area contributed by atoms with E-state index in [1.54, 1.807) is 0 Å². The highest BCUT2D eigenvalue weighted by molar-refractivity contribution is 8.00. The third-order valence-corrected chi connectivity index (χ3v) is 5.43. The van der Waals surface area contributed by atoms with Crippen LogP contribution in [0.15, 0.2) is 58.2 Å². The summed E-state index contributed by atoms with van der Waals surface area (Å²) in [6.07, 6.45) is 0. The van der Waals surface area contributed by atoms with Gasteiger partial charge in [-0.1, -0.05) is 47.7 Å². The van der Waals surface area contributed by atoms with Gasteiger partial charge in [-0.2, -0.15) is 0 Å². The molecule has 1 N–H and O–H groups in total. The molecule has 2 heterocycles. The zero-order valence-corrected chi connectivity index (χ0v) is 16.1. The Morgan fingerprint density at radius 1 is 1.07 bits per heavy atom. The lowest BCUT2D eigenvalue weighted by Crippen LogP contribution is -2.14. The highest BCUT2D eigenvalue weighted by Crippen LogP contribution is 2.30. The molecule has 0 radical (unpaired) electrons. The quantitative estimate of drug-likeness (QED) is 0.382. The van der Waals surface area contributed by atoms with Gasteiger partial charge in [0, 0.05) is 27.7 Å². The second kappa shape index (κ2) is 7.04. The van der Waals surface area contributed by atoms with E-state index < -0.39 is 0 Å². The average Bonchev–Trinajstić information content (AvgIpc) is 3.25. The van der Waals surface area contributed by atoms with E-state index in [9.17, 15) is 4.79 Å². The smallest absolute Gasteiger partial charge is 0.277 e. The Kier molecular flexibility index (Phi) is 4.58. The number of H-pyrrole nitrogens is 1. The number of benzene rings is 2. The Hall–Kier alpha value is -2.86. The molecule has 0 saturated heterocycles. The van der Waals surface area contributed by atoms with Crippen molar-refractivity contribution >= 4 is 28.4 Å². The largest absolute Gasteiger partial charge is 0.411 e. The van der Waals surface area contributed by atoms with Gasteiger partial charge in [0.25, 0.3) is 5.22 Å². The molecule has 1 atom stereocenters. The minimum Gasteiger partial charge on any atom is -0.411 e. The number of fused-ring (bicyclic) bond motifs is 1. The lowest BCUT2D eigenvalue weighted by Gasteiger charge is -2.07. The Morgan fingerprint density at radius 2 is 1.81 bits per heavy atom. The second-order valence-corrected chi connectivity index (χ2v) is 7.83. The topological polar surface area (TPSA) is 71.8 Å². The molecule has 0 aliphatic rings. The number of hydrogen-bond acceptors (Lipinski definition) is 5. The molecule has 0 amide bonds. The lowest BCUT2D eigenvalue weighted by molar-refractivity contribution is 0.0994. The Morgan fingerprint density at radius 3 is 2.59 bits per heavy atom. The number of para-hydroxylation sites is 1. The number of rotatable bonds is 5. The maximum Gasteiger partial charge on any atom is 0.277 e. The van der Waals surface area contributed by atoms with Gasteiger partial charge in [0.05, 0.1) is 5.25 Å². The zero-order valence-electron chi connectivity index (χ0n) is 15.3. The molecule has 0 unspecified atom stereocenters. The molecule has 0 bridgehead atoms. The Labute approximate surface area is 161 Å². The molecule has 27 heavy (non-hydrogen) atoms. The van der Waals surface area contributed by atoms with E-state index in [2.05, 4.69) is 15.2 Å². The van der Waals surface area contributed by atoms with Crippen molar-refractivity contribution in [2.24, 2.45) is 0 Å². The van der Waals surface area contributed by atoms with Crippen molar-refractivity contribution in [3.05, 3.63) is 65.4 Å². The number of nitrogens with zero attached hydrogens (tertiary/aromatic N) is 2. The van der Waals surface area contributed by atoms with Crippen molar-refractivity contribution in [3.8, 4) is 11.5 Å². The fraction of sp³-hybridized carbons (Fsp3) is 0.190. The molecule has 6 heteroatoms. The van der Waals surface area contributed by atoms with Crippen molar-refractivity contribution in [2.45, 2.75) is 31.2 Å². The number of Topliss-reactive ketones (excluding diaryl/α,β-unsaturated/α-hetero) is 1. The van der Waals surface area contributed by atoms with Crippen molar-refractivity contribution in [3.63, 3.8) is 0 Å². The number of hydrogen-bond donors (Lipinski definition) is 1. The normalized spacial score (nSPS) is 12.4. The number of thioether (sulfide) groups is 1. The Bertz CT molecular complexity index is 1110. The molecule has 2 aromatic heterocycles. The van der Waals surface area contributed by atoms with Crippen LogP contribution < -0.4 is 0 Å². The van der Waals surface area contributed by atoms with E-state index in [0.29, 0.717) is 11.1 Å². The van der Waals surface area contributed by atoms with Gasteiger partial charge in [-0.25, -0.2) is 0 Å². The van der Waals surface area contributed by atoms with E-state index in [0.717, 1.165) is 27.7 Å². The van der Waals surface area contributed by atoms with E-state index >= 15 is 0 Å². The number of ketones is 1. The van der Waals surface area contributed by atoms with Gasteiger partial charge in [-0.3, -0.25) is 4.79 Å². The van der Waals surface area contributed by atoms with Crippen LogP contribution >= 0.6 is 11.8 Å². The van der Waals surface area contributed by atoms with Gasteiger partial charge in [0.15, 0.2) is 5.78 Å². The standard InChI is InChI=1S/C21H19N3O2S/c1-12-8-10-15(11-9-12)20-23-24-21(26-20)27-14(3)19(25)18-13(2)22-17-7-5-4-6-16(17)18/h4-11,14,22H,1-3H3/t14-/m1/s1. The number of carbonyl (C=O) groups is 1. The number of nitrogens with one attached hydrogen (secondary N) is 1. The molecule has 5 nitrogen and oxygen atoms in total. The SMILES string of the molecule is Cc1ccc(-c2nnc(S[C@H](C)C(=O)c3c(C)[nH]c4ccccc34)o2)cc1. The Balaban J connectivity index is 1.55. The van der Waals surface area contributed by atoms with Gasteiger partial charge in [0.1, 0.15) is 0 Å². The van der Waals surface area contributed by atoms with Gasteiger partial charge < -0.3 is 9.40 Å².